The molecule has 3 rings (SSSR count). The van der Waals surface area contributed by atoms with Crippen LogP contribution in [0.2, 0.25) is 0 Å². The number of hydrogen-bond acceptors (Lipinski definition) is 4. The zero-order valence-electron chi connectivity index (χ0n) is 15.8. The highest BCUT2D eigenvalue weighted by atomic mass is 16.5. The highest BCUT2D eigenvalue weighted by molar-refractivity contribution is 6.35. The summed E-state index contributed by atoms with van der Waals surface area (Å²) in [5.41, 5.74) is 4.22. The molecule has 0 radical (unpaired) electrons. The fourth-order valence-electron chi connectivity index (χ4n) is 3.02. The van der Waals surface area contributed by atoms with Crippen molar-refractivity contribution in [3.63, 3.8) is 0 Å². The molecule has 28 heavy (non-hydrogen) atoms. The second-order valence-corrected chi connectivity index (χ2v) is 6.75. The predicted molar refractivity (Wildman–Crippen MR) is 108 cm³/mol. The van der Waals surface area contributed by atoms with Gasteiger partial charge in [0.15, 0.2) is 0 Å². The van der Waals surface area contributed by atoms with E-state index >= 15 is 0 Å². The van der Waals surface area contributed by atoms with Gasteiger partial charge in [0.1, 0.15) is 12.4 Å². The van der Waals surface area contributed by atoms with Crippen LogP contribution >= 0.6 is 0 Å². The molecule has 0 bridgehead atoms. The van der Waals surface area contributed by atoms with E-state index in [1.165, 1.54) is 6.21 Å². The van der Waals surface area contributed by atoms with Crippen LogP contribution in [0.5, 0.6) is 5.75 Å². The first-order chi connectivity index (χ1) is 13.7. The van der Waals surface area contributed by atoms with Crippen molar-refractivity contribution >= 4 is 18.0 Å². The van der Waals surface area contributed by atoms with Crippen LogP contribution in [0.4, 0.5) is 0 Å². The van der Waals surface area contributed by atoms with E-state index in [2.05, 4.69) is 10.5 Å². The summed E-state index contributed by atoms with van der Waals surface area (Å²) in [5, 5.41) is 3.89. The highest BCUT2D eigenvalue weighted by Gasteiger charge is 2.22. The number of amides is 2. The zero-order valence-corrected chi connectivity index (χ0v) is 15.8. The fraction of sp³-hybridized carbons (Fsp3) is 0.318. The second kappa shape index (κ2) is 10.3. The largest absolute Gasteiger partial charge is 0.489 e. The first kappa shape index (κ1) is 19.6. The van der Waals surface area contributed by atoms with Gasteiger partial charge in [-0.2, -0.15) is 5.10 Å². The van der Waals surface area contributed by atoms with Crippen LogP contribution in [0.3, 0.4) is 0 Å². The molecule has 1 aliphatic heterocycles. The monoisotopic (exact) mass is 379 g/mol. The molecule has 0 atom stereocenters. The third kappa shape index (κ3) is 5.94. The normalized spacial score (nSPS) is 14.5. The lowest BCUT2D eigenvalue weighted by atomic mass is 10.2. The van der Waals surface area contributed by atoms with Gasteiger partial charge < -0.3 is 9.64 Å². The van der Waals surface area contributed by atoms with E-state index in [4.69, 9.17) is 4.74 Å². The van der Waals surface area contributed by atoms with Gasteiger partial charge in [-0.15, -0.1) is 0 Å². The summed E-state index contributed by atoms with van der Waals surface area (Å²) in [6.07, 6.45) is 5.61. The summed E-state index contributed by atoms with van der Waals surface area (Å²) in [6, 6.07) is 17.3. The molecule has 6 nitrogen and oxygen atoms in total. The van der Waals surface area contributed by atoms with Gasteiger partial charge in [-0.05, 0) is 48.2 Å². The Hall–Kier alpha value is -3.15. The van der Waals surface area contributed by atoms with Crippen molar-refractivity contribution in [1.29, 1.82) is 0 Å². The van der Waals surface area contributed by atoms with E-state index < -0.39 is 11.8 Å². The smallest absolute Gasteiger partial charge is 0.329 e. The number of ether oxygens (including phenoxy) is 1. The van der Waals surface area contributed by atoms with Crippen molar-refractivity contribution in [2.75, 3.05) is 13.1 Å². The van der Waals surface area contributed by atoms with Crippen LogP contribution in [-0.4, -0.2) is 36.0 Å². The average molecular weight is 379 g/mol. The van der Waals surface area contributed by atoms with E-state index in [-0.39, 0.29) is 0 Å². The molecule has 2 aromatic rings. The Kier molecular flexibility index (Phi) is 7.18. The number of hydrogen-bond donors (Lipinski definition) is 1. The van der Waals surface area contributed by atoms with E-state index in [1.807, 2.05) is 54.6 Å². The molecule has 1 saturated heterocycles. The Balaban J connectivity index is 1.46. The Bertz CT molecular complexity index is 796. The molecule has 0 spiro atoms. The van der Waals surface area contributed by atoms with Crippen LogP contribution in [0, 0.1) is 0 Å². The minimum atomic E-state index is -0.694. The van der Waals surface area contributed by atoms with Gasteiger partial charge in [-0.3, -0.25) is 9.59 Å². The number of rotatable bonds is 5. The fourth-order valence-corrected chi connectivity index (χ4v) is 3.02. The zero-order chi connectivity index (χ0) is 19.6. The molecular formula is C22H25N3O3. The maximum Gasteiger partial charge on any atom is 0.329 e. The molecule has 6 heteroatoms. The third-order valence-electron chi connectivity index (χ3n) is 4.60. The van der Waals surface area contributed by atoms with Gasteiger partial charge in [0, 0.05) is 13.1 Å². The standard InChI is InChI=1S/C22H25N3O3/c26-21(22(27)25-14-6-1-2-7-15-25)24-23-16-18-10-12-20(13-11-18)28-17-19-8-4-3-5-9-19/h3-5,8-13,16H,1-2,6-7,14-15,17H2,(H,24,26)/b23-16-. The predicted octanol–water partition coefficient (Wildman–Crippen LogP) is 3.12. The topological polar surface area (TPSA) is 71.0 Å². The van der Waals surface area contributed by atoms with Gasteiger partial charge >= 0.3 is 11.8 Å². The van der Waals surface area contributed by atoms with Crippen LogP contribution in [-0.2, 0) is 16.2 Å². The maximum absolute atomic E-state index is 12.2. The first-order valence-electron chi connectivity index (χ1n) is 9.61. The highest BCUT2D eigenvalue weighted by Crippen LogP contribution is 2.13. The molecule has 0 aromatic heterocycles. The minimum absolute atomic E-state index is 0.503. The average Bonchev–Trinajstić information content (AvgIpc) is 3.03. The SMILES string of the molecule is O=C(N/N=C\c1ccc(OCc2ccccc2)cc1)C(=O)N1CCCCCC1. The summed E-state index contributed by atoms with van der Waals surface area (Å²) in [7, 11) is 0. The summed E-state index contributed by atoms with van der Waals surface area (Å²) >= 11 is 0. The van der Waals surface area contributed by atoms with Crippen LogP contribution < -0.4 is 10.2 Å². The molecule has 1 heterocycles. The number of nitrogens with one attached hydrogen (secondary N) is 1. The third-order valence-corrected chi connectivity index (χ3v) is 4.60. The van der Waals surface area contributed by atoms with Crippen molar-refractivity contribution < 1.29 is 14.3 Å². The summed E-state index contributed by atoms with van der Waals surface area (Å²) in [4.78, 5) is 25.7. The van der Waals surface area contributed by atoms with Gasteiger partial charge in [-0.25, -0.2) is 5.43 Å². The Labute approximate surface area is 165 Å². The van der Waals surface area contributed by atoms with Crippen LogP contribution in [0.25, 0.3) is 0 Å². The first-order valence-corrected chi connectivity index (χ1v) is 9.61. The summed E-state index contributed by atoms with van der Waals surface area (Å²) in [5.74, 6) is -0.453. The number of benzene rings is 2. The molecule has 2 aromatic carbocycles. The maximum atomic E-state index is 12.2. The number of likely N-dealkylation sites (tertiary alicyclic amines) is 1. The molecule has 2 amide bonds. The van der Waals surface area contributed by atoms with E-state index in [0.29, 0.717) is 19.7 Å². The van der Waals surface area contributed by atoms with Gasteiger partial charge in [0.25, 0.3) is 0 Å². The molecule has 1 N–H and O–H groups in total. The van der Waals surface area contributed by atoms with Crippen molar-refractivity contribution in [3.05, 3.63) is 65.7 Å². The van der Waals surface area contributed by atoms with Crippen molar-refractivity contribution in [1.82, 2.24) is 10.3 Å². The van der Waals surface area contributed by atoms with Crippen molar-refractivity contribution in [3.8, 4) is 5.75 Å². The molecular weight excluding hydrogens is 354 g/mol. The van der Waals surface area contributed by atoms with E-state index in [9.17, 15) is 9.59 Å². The Morgan fingerprint density at radius 3 is 2.32 bits per heavy atom. The Morgan fingerprint density at radius 2 is 1.64 bits per heavy atom. The van der Waals surface area contributed by atoms with Gasteiger partial charge in [-0.1, -0.05) is 43.2 Å². The molecule has 1 fully saturated rings. The Morgan fingerprint density at radius 1 is 0.964 bits per heavy atom. The quantitative estimate of drug-likeness (QED) is 0.493. The van der Waals surface area contributed by atoms with E-state index in [0.717, 1.165) is 42.6 Å². The number of nitrogens with zero attached hydrogens (tertiary/aromatic N) is 2. The van der Waals surface area contributed by atoms with Crippen molar-refractivity contribution in [2.24, 2.45) is 5.10 Å². The molecule has 0 aliphatic carbocycles. The number of carbonyl (C=O) groups excluding carboxylic acids is 2. The van der Waals surface area contributed by atoms with Gasteiger partial charge in [0.2, 0.25) is 0 Å². The summed E-state index contributed by atoms with van der Waals surface area (Å²) in [6.45, 7) is 1.78. The van der Waals surface area contributed by atoms with Crippen LogP contribution in [0.15, 0.2) is 59.7 Å². The molecule has 0 unspecified atom stereocenters. The summed E-state index contributed by atoms with van der Waals surface area (Å²) < 4.78 is 5.73. The number of hydrazone groups is 1. The second-order valence-electron chi connectivity index (χ2n) is 6.75. The van der Waals surface area contributed by atoms with Crippen molar-refractivity contribution in [2.45, 2.75) is 32.3 Å². The van der Waals surface area contributed by atoms with E-state index in [1.54, 1.807) is 4.90 Å². The minimum Gasteiger partial charge on any atom is -0.489 e. The molecule has 1 aliphatic rings. The lowest BCUT2D eigenvalue weighted by Gasteiger charge is -2.18. The van der Waals surface area contributed by atoms with Crippen LogP contribution in [0.1, 0.15) is 36.8 Å². The molecule has 0 saturated carbocycles. The van der Waals surface area contributed by atoms with Gasteiger partial charge in [0.05, 0.1) is 6.21 Å². The number of carbonyl (C=O) groups is 2. The lowest BCUT2D eigenvalue weighted by Crippen LogP contribution is -2.41. The lowest BCUT2D eigenvalue weighted by molar-refractivity contribution is -0.145. The molecule has 146 valence electrons.